The van der Waals surface area contributed by atoms with Crippen molar-refractivity contribution < 1.29 is 36.6 Å². The first kappa shape index (κ1) is 33.1. The van der Waals surface area contributed by atoms with Crippen LogP contribution in [0.4, 0.5) is 0 Å². The standard InChI is InChI=1S/C25H46N3O8PS/c1-6-35-37(30,36-7-2)19-34-22-12-14-27(15-13-22)17-24(26)25(29)18-28(16-20(3)4)38(31,32)23-10-8-21(33-5)9-11-23/h8-11,20,22,24-25,29H,6-7,12-19,26H2,1-5H3/t24-,25+/m0/s1. The zero-order valence-electron chi connectivity index (χ0n) is 23.3. The molecule has 0 aliphatic carbocycles. The molecule has 0 saturated carbocycles. The molecule has 3 N–H and O–H groups in total. The van der Waals surface area contributed by atoms with Gasteiger partial charge in [-0.15, -0.1) is 0 Å². The highest BCUT2D eigenvalue weighted by Gasteiger charge is 2.32. The van der Waals surface area contributed by atoms with Crippen molar-refractivity contribution in [3.63, 3.8) is 0 Å². The Kier molecular flexibility index (Phi) is 13.6. The van der Waals surface area contributed by atoms with E-state index < -0.39 is 29.8 Å². The topological polar surface area (TPSA) is 141 Å². The SMILES string of the molecule is CCOP(=O)(COC1CCN(C[C@H](N)[C@H](O)CN(CC(C)C)S(=O)(=O)c2ccc(OC)cc2)CC1)OCC. The molecule has 2 atom stereocenters. The summed E-state index contributed by atoms with van der Waals surface area (Å²) in [6, 6.07) is 5.57. The minimum atomic E-state index is -3.83. The van der Waals surface area contributed by atoms with Crippen molar-refractivity contribution in [1.29, 1.82) is 0 Å². The first-order valence-electron chi connectivity index (χ1n) is 13.2. The van der Waals surface area contributed by atoms with Crippen molar-refractivity contribution in [1.82, 2.24) is 9.21 Å². The van der Waals surface area contributed by atoms with E-state index in [1.54, 1.807) is 26.0 Å². The van der Waals surface area contributed by atoms with Crippen molar-refractivity contribution in [2.75, 3.05) is 59.4 Å². The second-order valence-electron chi connectivity index (χ2n) is 9.86. The number of benzene rings is 1. The van der Waals surface area contributed by atoms with E-state index in [4.69, 9.17) is 24.3 Å². The van der Waals surface area contributed by atoms with Crippen LogP contribution >= 0.6 is 7.60 Å². The molecule has 13 heteroatoms. The van der Waals surface area contributed by atoms with Gasteiger partial charge in [0.05, 0.1) is 37.4 Å². The second kappa shape index (κ2) is 15.6. The van der Waals surface area contributed by atoms with Gasteiger partial charge in [0.1, 0.15) is 12.1 Å². The quantitative estimate of drug-likeness (QED) is 0.265. The molecule has 1 fully saturated rings. The largest absolute Gasteiger partial charge is 0.497 e. The first-order valence-corrected chi connectivity index (χ1v) is 16.4. The maximum Gasteiger partial charge on any atom is 0.356 e. The van der Waals surface area contributed by atoms with E-state index in [0.29, 0.717) is 38.2 Å². The molecule has 0 aromatic heterocycles. The Morgan fingerprint density at radius 2 is 1.68 bits per heavy atom. The van der Waals surface area contributed by atoms with Gasteiger partial charge in [-0.2, -0.15) is 4.31 Å². The van der Waals surface area contributed by atoms with E-state index in [9.17, 15) is 18.1 Å². The van der Waals surface area contributed by atoms with Crippen LogP contribution in [0.5, 0.6) is 5.75 Å². The predicted octanol–water partition coefficient (Wildman–Crippen LogP) is 2.73. The summed E-state index contributed by atoms with van der Waals surface area (Å²) in [6.45, 7) is 9.92. The summed E-state index contributed by atoms with van der Waals surface area (Å²) in [6.07, 6.45) is 0.238. The van der Waals surface area contributed by atoms with Crippen LogP contribution in [0.2, 0.25) is 0 Å². The third-order valence-corrected chi connectivity index (χ3v) is 9.89. The molecule has 220 valence electrons. The molecule has 0 bridgehead atoms. The number of aliphatic hydroxyl groups is 1. The molecule has 38 heavy (non-hydrogen) atoms. The molecule has 0 radical (unpaired) electrons. The monoisotopic (exact) mass is 579 g/mol. The van der Waals surface area contributed by atoms with Gasteiger partial charge in [0.15, 0.2) is 0 Å². The average Bonchev–Trinajstić information content (AvgIpc) is 2.88. The van der Waals surface area contributed by atoms with Crippen LogP contribution in [0.1, 0.15) is 40.5 Å². The Labute approximate surface area is 228 Å². The third kappa shape index (κ3) is 10.1. The summed E-state index contributed by atoms with van der Waals surface area (Å²) >= 11 is 0. The van der Waals surface area contributed by atoms with Crippen LogP contribution in [-0.2, 0) is 28.4 Å². The van der Waals surface area contributed by atoms with Crippen molar-refractivity contribution >= 4 is 17.6 Å². The van der Waals surface area contributed by atoms with E-state index in [2.05, 4.69) is 4.90 Å². The van der Waals surface area contributed by atoms with Crippen molar-refractivity contribution in [3.05, 3.63) is 24.3 Å². The lowest BCUT2D eigenvalue weighted by Crippen LogP contribution is -2.52. The normalized spacial score (nSPS) is 17.7. The lowest BCUT2D eigenvalue weighted by molar-refractivity contribution is 0.0131. The summed E-state index contributed by atoms with van der Waals surface area (Å²) in [7, 11) is -5.56. The zero-order valence-corrected chi connectivity index (χ0v) is 25.0. The van der Waals surface area contributed by atoms with Gasteiger partial charge in [0.2, 0.25) is 10.0 Å². The Hall–Kier alpha value is -1.08. The molecule has 1 heterocycles. The Bertz CT molecular complexity index is 961. The molecule has 1 aliphatic rings. The minimum absolute atomic E-state index is 0.0613. The average molecular weight is 580 g/mol. The van der Waals surface area contributed by atoms with Gasteiger partial charge in [-0.1, -0.05) is 13.8 Å². The van der Waals surface area contributed by atoms with Crippen LogP contribution in [0, 0.1) is 5.92 Å². The summed E-state index contributed by atoms with van der Waals surface area (Å²) in [4.78, 5) is 2.27. The molecule has 2 rings (SSSR count). The number of aliphatic hydroxyl groups excluding tert-OH is 1. The molecule has 0 spiro atoms. The zero-order chi connectivity index (χ0) is 28.3. The van der Waals surface area contributed by atoms with Gasteiger partial charge >= 0.3 is 7.60 Å². The number of likely N-dealkylation sites (tertiary alicyclic amines) is 1. The number of hydrogen-bond acceptors (Lipinski definition) is 10. The molecule has 11 nitrogen and oxygen atoms in total. The number of piperidine rings is 1. The number of rotatable bonds is 17. The maximum absolute atomic E-state index is 13.3. The molecule has 0 amide bonds. The summed E-state index contributed by atoms with van der Waals surface area (Å²) in [5.74, 6) is 0.624. The summed E-state index contributed by atoms with van der Waals surface area (Å²) in [5.41, 5.74) is 6.33. The fourth-order valence-electron chi connectivity index (χ4n) is 4.30. The van der Waals surface area contributed by atoms with Crippen LogP contribution in [0.25, 0.3) is 0 Å². The van der Waals surface area contributed by atoms with Gasteiger partial charge in [-0.05, 0) is 56.9 Å². The molecule has 1 aromatic carbocycles. The lowest BCUT2D eigenvalue weighted by Gasteiger charge is -2.35. The number of ether oxygens (including phenoxy) is 2. The van der Waals surface area contributed by atoms with Crippen LogP contribution < -0.4 is 10.5 Å². The highest BCUT2D eigenvalue weighted by atomic mass is 32.2. The number of methoxy groups -OCH3 is 1. The van der Waals surface area contributed by atoms with Gasteiger partial charge in [0.25, 0.3) is 0 Å². The highest BCUT2D eigenvalue weighted by molar-refractivity contribution is 7.89. The van der Waals surface area contributed by atoms with Crippen LogP contribution in [0.15, 0.2) is 29.2 Å². The van der Waals surface area contributed by atoms with Gasteiger partial charge in [0, 0.05) is 38.8 Å². The summed E-state index contributed by atoms with van der Waals surface area (Å²) in [5, 5.41) is 10.9. The number of nitrogens with zero attached hydrogens (tertiary/aromatic N) is 2. The second-order valence-corrected chi connectivity index (χ2v) is 13.8. The first-order chi connectivity index (χ1) is 17.9. The molecular weight excluding hydrogens is 533 g/mol. The smallest absolute Gasteiger partial charge is 0.356 e. The molecular formula is C25H46N3O8PS. The minimum Gasteiger partial charge on any atom is -0.497 e. The molecule has 1 aliphatic heterocycles. The Morgan fingerprint density at radius 3 is 2.18 bits per heavy atom. The van der Waals surface area contributed by atoms with Crippen molar-refractivity contribution in [2.24, 2.45) is 11.7 Å². The maximum atomic E-state index is 13.3. The van der Waals surface area contributed by atoms with Crippen LogP contribution in [-0.4, -0.2) is 100 Å². The van der Waals surface area contributed by atoms with Gasteiger partial charge < -0.3 is 34.3 Å². The van der Waals surface area contributed by atoms with Crippen LogP contribution in [0.3, 0.4) is 0 Å². The van der Waals surface area contributed by atoms with E-state index in [-0.39, 0.29) is 49.6 Å². The van der Waals surface area contributed by atoms with E-state index >= 15 is 0 Å². The number of nitrogens with two attached hydrogens (primary N) is 1. The third-order valence-electron chi connectivity index (χ3n) is 6.27. The van der Waals surface area contributed by atoms with E-state index in [1.165, 1.54) is 23.5 Å². The molecule has 1 aromatic rings. The van der Waals surface area contributed by atoms with E-state index in [1.807, 2.05) is 13.8 Å². The van der Waals surface area contributed by atoms with E-state index in [0.717, 1.165) is 0 Å². The number of sulfonamides is 1. The number of hydrogen-bond donors (Lipinski definition) is 2. The molecule has 0 unspecified atom stereocenters. The fourth-order valence-corrected chi connectivity index (χ4v) is 7.32. The fraction of sp³-hybridized carbons (Fsp3) is 0.760. The molecule has 1 saturated heterocycles. The summed E-state index contributed by atoms with van der Waals surface area (Å²) < 4.78 is 62.1. The lowest BCUT2D eigenvalue weighted by atomic mass is 10.1. The van der Waals surface area contributed by atoms with Crippen molar-refractivity contribution in [3.8, 4) is 5.75 Å². The predicted molar refractivity (Wildman–Crippen MR) is 147 cm³/mol. The van der Waals surface area contributed by atoms with Gasteiger partial charge in [-0.3, -0.25) is 4.57 Å². The highest BCUT2D eigenvalue weighted by Crippen LogP contribution is 2.48. The Morgan fingerprint density at radius 1 is 1.11 bits per heavy atom. The van der Waals surface area contributed by atoms with Crippen molar-refractivity contribution in [2.45, 2.75) is 63.7 Å². The van der Waals surface area contributed by atoms with Gasteiger partial charge in [-0.25, -0.2) is 8.42 Å². The Balaban J connectivity index is 1.91.